The molecular weight excluding hydrogens is 266 g/mol. The van der Waals surface area contributed by atoms with Crippen LogP contribution in [0.5, 0.6) is 0 Å². The first-order valence-corrected chi connectivity index (χ1v) is 7.90. The van der Waals surface area contributed by atoms with E-state index < -0.39 is 0 Å². The summed E-state index contributed by atoms with van der Waals surface area (Å²) in [5, 5.41) is 10.9. The van der Waals surface area contributed by atoms with Gasteiger partial charge in [-0.15, -0.1) is 0 Å². The van der Waals surface area contributed by atoms with Crippen LogP contribution >= 0.6 is 0 Å². The summed E-state index contributed by atoms with van der Waals surface area (Å²) < 4.78 is 0. The van der Waals surface area contributed by atoms with Crippen molar-refractivity contribution in [2.24, 2.45) is 0 Å². The molecule has 0 aliphatic carbocycles. The summed E-state index contributed by atoms with van der Waals surface area (Å²) in [5.74, 6) is 0. The number of rotatable bonds is 8. The molecule has 1 aromatic rings. The summed E-state index contributed by atoms with van der Waals surface area (Å²) >= 11 is 0. The molecule has 5 heteroatoms. The van der Waals surface area contributed by atoms with Crippen LogP contribution in [0.2, 0.25) is 0 Å². The van der Waals surface area contributed by atoms with E-state index in [1.54, 1.807) is 12.1 Å². The summed E-state index contributed by atoms with van der Waals surface area (Å²) in [4.78, 5) is 15.4. The Kier molecular flexibility index (Phi) is 5.56. The third-order valence-electron chi connectivity index (χ3n) is 4.04. The standard InChI is InChI=1S/C16H25N3O2/c1-3-8-17(9-4-2)11-12-18-10-7-14-5-6-15(19(20)21)13-16(14)18/h5-6,13H,3-4,7-12H2,1-2H3. The minimum Gasteiger partial charge on any atom is -0.369 e. The van der Waals surface area contributed by atoms with E-state index in [0.717, 1.165) is 44.8 Å². The lowest BCUT2D eigenvalue weighted by Gasteiger charge is -2.26. The predicted molar refractivity (Wildman–Crippen MR) is 86.0 cm³/mol. The van der Waals surface area contributed by atoms with Gasteiger partial charge in [0.15, 0.2) is 0 Å². The minimum absolute atomic E-state index is 0.194. The van der Waals surface area contributed by atoms with Crippen molar-refractivity contribution in [1.29, 1.82) is 0 Å². The summed E-state index contributed by atoms with van der Waals surface area (Å²) in [5.41, 5.74) is 2.48. The fraction of sp³-hybridized carbons (Fsp3) is 0.625. The zero-order valence-corrected chi connectivity index (χ0v) is 13.0. The van der Waals surface area contributed by atoms with E-state index in [4.69, 9.17) is 0 Å². The number of nitrogens with zero attached hydrogens (tertiary/aromatic N) is 3. The van der Waals surface area contributed by atoms with E-state index in [1.807, 2.05) is 6.07 Å². The van der Waals surface area contributed by atoms with Gasteiger partial charge >= 0.3 is 0 Å². The van der Waals surface area contributed by atoms with Crippen molar-refractivity contribution < 1.29 is 4.92 Å². The largest absolute Gasteiger partial charge is 0.369 e. The molecule has 1 aromatic carbocycles. The van der Waals surface area contributed by atoms with Gasteiger partial charge in [-0.05, 0) is 37.9 Å². The molecule has 0 N–H and O–H groups in total. The molecule has 2 rings (SSSR count). The van der Waals surface area contributed by atoms with Crippen molar-refractivity contribution in [3.05, 3.63) is 33.9 Å². The average molecular weight is 291 g/mol. The first-order chi connectivity index (χ1) is 10.2. The van der Waals surface area contributed by atoms with Gasteiger partial charge in [0.25, 0.3) is 5.69 Å². The van der Waals surface area contributed by atoms with Crippen LogP contribution in [-0.4, -0.2) is 42.5 Å². The molecule has 0 spiro atoms. The number of nitro benzene ring substituents is 1. The molecule has 5 nitrogen and oxygen atoms in total. The van der Waals surface area contributed by atoms with Crippen LogP contribution in [0.25, 0.3) is 0 Å². The second-order valence-electron chi connectivity index (χ2n) is 5.65. The van der Waals surface area contributed by atoms with Crippen LogP contribution in [0.1, 0.15) is 32.3 Å². The predicted octanol–water partition coefficient (Wildman–Crippen LogP) is 3.08. The van der Waals surface area contributed by atoms with Gasteiger partial charge in [0.05, 0.1) is 4.92 Å². The number of nitro groups is 1. The monoisotopic (exact) mass is 291 g/mol. The maximum atomic E-state index is 10.9. The SMILES string of the molecule is CCCN(CCC)CCN1CCc2ccc([N+](=O)[O-])cc21. The number of hydrogen-bond acceptors (Lipinski definition) is 4. The number of hydrogen-bond donors (Lipinski definition) is 0. The second kappa shape index (κ2) is 7.41. The van der Waals surface area contributed by atoms with Gasteiger partial charge in [0, 0.05) is 37.5 Å². The molecule has 0 radical (unpaired) electrons. The maximum absolute atomic E-state index is 10.9. The van der Waals surface area contributed by atoms with E-state index in [2.05, 4.69) is 23.6 Å². The Morgan fingerprint density at radius 1 is 1.24 bits per heavy atom. The molecule has 0 atom stereocenters. The van der Waals surface area contributed by atoms with E-state index in [1.165, 1.54) is 18.4 Å². The Hall–Kier alpha value is -1.62. The maximum Gasteiger partial charge on any atom is 0.271 e. The van der Waals surface area contributed by atoms with Crippen LogP contribution in [-0.2, 0) is 6.42 Å². The topological polar surface area (TPSA) is 49.6 Å². The Morgan fingerprint density at radius 2 is 1.95 bits per heavy atom. The highest BCUT2D eigenvalue weighted by Crippen LogP contribution is 2.31. The van der Waals surface area contributed by atoms with Gasteiger partial charge < -0.3 is 9.80 Å². The Labute approximate surface area is 126 Å². The molecule has 0 saturated heterocycles. The fourth-order valence-corrected chi connectivity index (χ4v) is 3.01. The molecule has 1 heterocycles. The molecular formula is C16H25N3O2. The Balaban J connectivity index is 2.01. The molecule has 21 heavy (non-hydrogen) atoms. The van der Waals surface area contributed by atoms with Crippen LogP contribution in [0.3, 0.4) is 0 Å². The minimum atomic E-state index is -0.308. The highest BCUT2D eigenvalue weighted by molar-refractivity contribution is 5.62. The molecule has 0 amide bonds. The molecule has 116 valence electrons. The van der Waals surface area contributed by atoms with Crippen LogP contribution in [0.15, 0.2) is 18.2 Å². The fourth-order valence-electron chi connectivity index (χ4n) is 3.01. The van der Waals surface area contributed by atoms with Crippen molar-refractivity contribution in [3.8, 4) is 0 Å². The number of non-ortho nitro benzene ring substituents is 1. The van der Waals surface area contributed by atoms with Crippen molar-refractivity contribution in [1.82, 2.24) is 4.90 Å². The first kappa shape index (κ1) is 15.8. The zero-order valence-electron chi connectivity index (χ0n) is 13.0. The van der Waals surface area contributed by atoms with E-state index in [0.29, 0.717) is 0 Å². The number of benzene rings is 1. The third-order valence-corrected chi connectivity index (χ3v) is 4.04. The first-order valence-electron chi connectivity index (χ1n) is 7.90. The summed E-state index contributed by atoms with van der Waals surface area (Å²) in [6, 6.07) is 5.25. The molecule has 1 aliphatic heterocycles. The van der Waals surface area contributed by atoms with Crippen LogP contribution < -0.4 is 4.90 Å². The van der Waals surface area contributed by atoms with Gasteiger partial charge in [-0.3, -0.25) is 10.1 Å². The van der Waals surface area contributed by atoms with Gasteiger partial charge in [-0.2, -0.15) is 0 Å². The Morgan fingerprint density at radius 3 is 2.57 bits per heavy atom. The van der Waals surface area contributed by atoms with Gasteiger partial charge in [0.1, 0.15) is 0 Å². The lowest BCUT2D eigenvalue weighted by molar-refractivity contribution is -0.384. The van der Waals surface area contributed by atoms with Crippen molar-refractivity contribution in [2.75, 3.05) is 37.6 Å². The van der Waals surface area contributed by atoms with E-state index >= 15 is 0 Å². The normalized spacial score (nSPS) is 13.8. The molecule has 1 aliphatic rings. The Bertz CT molecular complexity index is 484. The van der Waals surface area contributed by atoms with Crippen molar-refractivity contribution >= 4 is 11.4 Å². The highest BCUT2D eigenvalue weighted by Gasteiger charge is 2.22. The second-order valence-corrected chi connectivity index (χ2v) is 5.65. The van der Waals surface area contributed by atoms with Gasteiger partial charge in [-0.25, -0.2) is 0 Å². The van der Waals surface area contributed by atoms with E-state index in [-0.39, 0.29) is 10.6 Å². The quantitative estimate of drug-likeness (QED) is 0.545. The highest BCUT2D eigenvalue weighted by atomic mass is 16.6. The molecule has 0 fully saturated rings. The summed E-state index contributed by atoms with van der Waals surface area (Å²) in [6.07, 6.45) is 3.33. The average Bonchev–Trinajstić information content (AvgIpc) is 2.87. The van der Waals surface area contributed by atoms with Crippen LogP contribution in [0, 0.1) is 10.1 Å². The number of anilines is 1. The van der Waals surface area contributed by atoms with Crippen molar-refractivity contribution in [2.45, 2.75) is 33.1 Å². The van der Waals surface area contributed by atoms with Crippen LogP contribution in [0.4, 0.5) is 11.4 Å². The van der Waals surface area contributed by atoms with E-state index in [9.17, 15) is 10.1 Å². The smallest absolute Gasteiger partial charge is 0.271 e. The molecule has 0 saturated carbocycles. The lowest BCUT2D eigenvalue weighted by Crippen LogP contribution is -2.35. The molecule has 0 aromatic heterocycles. The summed E-state index contributed by atoms with van der Waals surface area (Å²) in [6.45, 7) is 9.63. The van der Waals surface area contributed by atoms with Crippen molar-refractivity contribution in [3.63, 3.8) is 0 Å². The lowest BCUT2D eigenvalue weighted by atomic mass is 10.1. The molecule has 0 bridgehead atoms. The number of fused-ring (bicyclic) bond motifs is 1. The summed E-state index contributed by atoms with van der Waals surface area (Å²) in [7, 11) is 0. The third kappa shape index (κ3) is 3.94. The van der Waals surface area contributed by atoms with Gasteiger partial charge in [-0.1, -0.05) is 19.9 Å². The molecule has 0 unspecified atom stereocenters. The van der Waals surface area contributed by atoms with Gasteiger partial charge in [0.2, 0.25) is 0 Å². The zero-order chi connectivity index (χ0) is 15.2.